The smallest absolute Gasteiger partial charge is 0.354 e. The SMILES string of the molecule is COc1nccc(-n2nc(C)cc2C(=O)O)n1. The highest BCUT2D eigenvalue weighted by Crippen LogP contribution is 2.12. The van der Waals surface area contributed by atoms with Crippen LogP contribution in [0.2, 0.25) is 0 Å². The average molecular weight is 234 g/mol. The molecule has 17 heavy (non-hydrogen) atoms. The molecule has 0 bridgehead atoms. The van der Waals surface area contributed by atoms with E-state index in [1.54, 1.807) is 13.0 Å². The Morgan fingerprint density at radius 2 is 2.29 bits per heavy atom. The molecule has 0 atom stereocenters. The lowest BCUT2D eigenvalue weighted by Crippen LogP contribution is -2.10. The van der Waals surface area contributed by atoms with Gasteiger partial charge in [0.15, 0.2) is 11.5 Å². The van der Waals surface area contributed by atoms with Crippen molar-refractivity contribution in [2.45, 2.75) is 6.92 Å². The number of hydrogen-bond donors (Lipinski definition) is 1. The van der Waals surface area contributed by atoms with Crippen molar-refractivity contribution >= 4 is 5.97 Å². The first kappa shape index (κ1) is 11.1. The lowest BCUT2D eigenvalue weighted by Gasteiger charge is -2.04. The first-order chi connectivity index (χ1) is 8.11. The molecule has 7 heteroatoms. The van der Waals surface area contributed by atoms with Gasteiger partial charge in [-0.1, -0.05) is 0 Å². The van der Waals surface area contributed by atoms with Crippen LogP contribution >= 0.6 is 0 Å². The van der Waals surface area contributed by atoms with E-state index in [1.807, 2.05) is 0 Å². The summed E-state index contributed by atoms with van der Waals surface area (Å²) in [7, 11) is 1.44. The molecule has 0 radical (unpaired) electrons. The highest BCUT2D eigenvalue weighted by Gasteiger charge is 2.15. The number of carbonyl (C=O) groups is 1. The van der Waals surface area contributed by atoms with E-state index in [-0.39, 0.29) is 11.7 Å². The Bertz CT molecular complexity index is 564. The number of carboxylic acid groups (broad SMARTS) is 1. The summed E-state index contributed by atoms with van der Waals surface area (Å²) in [5.41, 5.74) is 0.642. The summed E-state index contributed by atoms with van der Waals surface area (Å²) in [6.45, 7) is 1.71. The van der Waals surface area contributed by atoms with Crippen molar-refractivity contribution in [1.82, 2.24) is 19.7 Å². The third-order valence-electron chi connectivity index (χ3n) is 2.07. The molecule has 0 unspecified atom stereocenters. The summed E-state index contributed by atoms with van der Waals surface area (Å²) in [5.74, 6) is -0.717. The highest BCUT2D eigenvalue weighted by molar-refractivity contribution is 5.86. The summed E-state index contributed by atoms with van der Waals surface area (Å²) in [6.07, 6.45) is 1.48. The van der Waals surface area contributed by atoms with Crippen LogP contribution in [0.4, 0.5) is 0 Å². The van der Waals surface area contributed by atoms with Crippen LogP contribution in [0.5, 0.6) is 6.01 Å². The van der Waals surface area contributed by atoms with Gasteiger partial charge in [0, 0.05) is 12.3 Å². The van der Waals surface area contributed by atoms with E-state index >= 15 is 0 Å². The Kier molecular flexibility index (Phi) is 2.73. The summed E-state index contributed by atoms with van der Waals surface area (Å²) in [6, 6.07) is 3.19. The summed E-state index contributed by atoms with van der Waals surface area (Å²) in [5, 5.41) is 13.1. The van der Waals surface area contributed by atoms with Gasteiger partial charge in [-0.25, -0.2) is 14.5 Å². The zero-order valence-electron chi connectivity index (χ0n) is 9.28. The highest BCUT2D eigenvalue weighted by atomic mass is 16.5. The van der Waals surface area contributed by atoms with Crippen LogP contribution in [-0.4, -0.2) is 37.9 Å². The Labute approximate surface area is 96.7 Å². The second-order valence-corrected chi connectivity index (χ2v) is 3.29. The van der Waals surface area contributed by atoms with E-state index in [1.165, 1.54) is 24.1 Å². The molecule has 2 heterocycles. The number of aromatic nitrogens is 4. The lowest BCUT2D eigenvalue weighted by atomic mass is 10.4. The van der Waals surface area contributed by atoms with Gasteiger partial charge in [0.1, 0.15) is 0 Å². The van der Waals surface area contributed by atoms with Crippen LogP contribution in [0.3, 0.4) is 0 Å². The van der Waals surface area contributed by atoms with E-state index < -0.39 is 5.97 Å². The van der Waals surface area contributed by atoms with Gasteiger partial charge in [0.25, 0.3) is 0 Å². The summed E-state index contributed by atoms with van der Waals surface area (Å²) >= 11 is 0. The van der Waals surface area contributed by atoms with Gasteiger partial charge in [-0.2, -0.15) is 10.1 Å². The Balaban J connectivity index is 2.55. The van der Waals surface area contributed by atoms with E-state index in [9.17, 15) is 4.79 Å². The summed E-state index contributed by atoms with van der Waals surface area (Å²) < 4.78 is 6.11. The Morgan fingerprint density at radius 3 is 2.94 bits per heavy atom. The van der Waals surface area contributed by atoms with Gasteiger partial charge >= 0.3 is 12.0 Å². The van der Waals surface area contributed by atoms with E-state index in [4.69, 9.17) is 9.84 Å². The zero-order valence-corrected chi connectivity index (χ0v) is 9.28. The minimum Gasteiger partial charge on any atom is -0.477 e. The molecule has 0 aromatic carbocycles. The third-order valence-corrected chi connectivity index (χ3v) is 2.07. The normalized spacial score (nSPS) is 10.2. The minimum absolute atomic E-state index is 0.0447. The standard InChI is InChI=1S/C10H10N4O3/c1-6-5-7(9(15)16)14(13-6)8-3-4-11-10(12-8)17-2/h3-5H,1-2H3,(H,15,16). The predicted octanol–water partition coefficient (Wildman–Crippen LogP) is 0.678. The molecule has 0 aliphatic heterocycles. The molecule has 0 saturated heterocycles. The monoisotopic (exact) mass is 234 g/mol. The van der Waals surface area contributed by atoms with Gasteiger partial charge in [0.05, 0.1) is 12.8 Å². The van der Waals surface area contributed by atoms with Crippen molar-refractivity contribution in [2.75, 3.05) is 7.11 Å². The molecule has 2 aromatic rings. The largest absolute Gasteiger partial charge is 0.477 e. The van der Waals surface area contributed by atoms with Gasteiger partial charge < -0.3 is 9.84 Å². The number of rotatable bonds is 3. The van der Waals surface area contributed by atoms with Crippen molar-refractivity contribution in [3.8, 4) is 11.8 Å². The van der Waals surface area contributed by atoms with Crippen molar-refractivity contribution in [2.24, 2.45) is 0 Å². The van der Waals surface area contributed by atoms with E-state index in [0.29, 0.717) is 11.5 Å². The van der Waals surface area contributed by atoms with Crippen molar-refractivity contribution in [3.05, 3.63) is 29.7 Å². The minimum atomic E-state index is -1.07. The molecule has 1 N–H and O–H groups in total. The molecule has 0 saturated carbocycles. The quantitative estimate of drug-likeness (QED) is 0.839. The average Bonchev–Trinajstić information content (AvgIpc) is 2.72. The number of carboxylic acids is 1. The molecule has 2 rings (SSSR count). The fourth-order valence-electron chi connectivity index (χ4n) is 1.37. The molecule has 0 aliphatic rings. The number of aryl methyl sites for hydroxylation is 1. The first-order valence-electron chi connectivity index (χ1n) is 4.79. The molecule has 0 spiro atoms. The van der Waals surface area contributed by atoms with Gasteiger partial charge in [0.2, 0.25) is 0 Å². The Morgan fingerprint density at radius 1 is 1.53 bits per heavy atom. The van der Waals surface area contributed by atoms with Crippen LogP contribution in [0, 0.1) is 6.92 Å². The summed E-state index contributed by atoms with van der Waals surface area (Å²) in [4.78, 5) is 18.9. The van der Waals surface area contributed by atoms with Crippen LogP contribution in [0.25, 0.3) is 5.82 Å². The zero-order chi connectivity index (χ0) is 12.4. The fourth-order valence-corrected chi connectivity index (χ4v) is 1.37. The topological polar surface area (TPSA) is 90.1 Å². The van der Waals surface area contributed by atoms with E-state index in [0.717, 1.165) is 0 Å². The third kappa shape index (κ3) is 2.07. The Hall–Kier alpha value is -2.44. The fraction of sp³-hybridized carbons (Fsp3) is 0.200. The van der Waals surface area contributed by atoms with Crippen LogP contribution in [0.1, 0.15) is 16.2 Å². The molecule has 2 aromatic heterocycles. The molecule has 0 amide bonds. The van der Waals surface area contributed by atoms with Crippen molar-refractivity contribution < 1.29 is 14.6 Å². The van der Waals surface area contributed by atoms with Crippen molar-refractivity contribution in [1.29, 1.82) is 0 Å². The van der Waals surface area contributed by atoms with Crippen LogP contribution in [-0.2, 0) is 0 Å². The molecular weight excluding hydrogens is 224 g/mol. The molecule has 7 nitrogen and oxygen atoms in total. The number of nitrogens with zero attached hydrogens (tertiary/aromatic N) is 4. The second kappa shape index (κ2) is 4.20. The first-order valence-corrected chi connectivity index (χ1v) is 4.79. The second-order valence-electron chi connectivity index (χ2n) is 3.29. The maximum atomic E-state index is 11.0. The van der Waals surface area contributed by atoms with E-state index in [2.05, 4.69) is 15.1 Å². The predicted molar refractivity (Wildman–Crippen MR) is 57.4 cm³/mol. The van der Waals surface area contributed by atoms with Gasteiger partial charge in [-0.05, 0) is 13.0 Å². The maximum Gasteiger partial charge on any atom is 0.354 e. The number of hydrogen-bond acceptors (Lipinski definition) is 5. The molecule has 0 aliphatic carbocycles. The molecular formula is C10H10N4O3. The van der Waals surface area contributed by atoms with Crippen LogP contribution in [0.15, 0.2) is 18.3 Å². The molecule has 0 fully saturated rings. The molecule has 88 valence electrons. The number of methoxy groups -OCH3 is 1. The number of ether oxygens (including phenoxy) is 1. The lowest BCUT2D eigenvalue weighted by molar-refractivity contribution is 0.0686. The van der Waals surface area contributed by atoms with Gasteiger partial charge in [-0.15, -0.1) is 0 Å². The maximum absolute atomic E-state index is 11.0. The van der Waals surface area contributed by atoms with Gasteiger partial charge in [-0.3, -0.25) is 0 Å². The van der Waals surface area contributed by atoms with Crippen LogP contribution < -0.4 is 4.74 Å². The van der Waals surface area contributed by atoms with Crippen molar-refractivity contribution in [3.63, 3.8) is 0 Å². The number of aromatic carboxylic acids is 1.